The van der Waals surface area contributed by atoms with E-state index in [-0.39, 0.29) is 5.82 Å². The van der Waals surface area contributed by atoms with Crippen molar-refractivity contribution in [1.82, 2.24) is 14.9 Å². The van der Waals surface area contributed by atoms with E-state index < -0.39 is 0 Å². The zero-order valence-corrected chi connectivity index (χ0v) is 15.5. The average Bonchev–Trinajstić information content (AvgIpc) is 3.03. The lowest BCUT2D eigenvalue weighted by molar-refractivity contribution is 0.628. The van der Waals surface area contributed by atoms with Crippen molar-refractivity contribution in [2.45, 2.75) is 13.8 Å². The molecule has 3 rings (SSSR count). The van der Waals surface area contributed by atoms with Crippen molar-refractivity contribution in [1.29, 1.82) is 0 Å². The van der Waals surface area contributed by atoms with Crippen LogP contribution in [0.4, 0.5) is 10.1 Å². The first kappa shape index (κ1) is 18.0. The molecule has 0 aliphatic carbocycles. The van der Waals surface area contributed by atoms with Crippen molar-refractivity contribution < 1.29 is 4.39 Å². The van der Waals surface area contributed by atoms with Crippen LogP contribution in [0.15, 0.2) is 53.6 Å². The number of benzene rings is 2. The SMILES string of the molecule is CCN(CC)c1ccc(/C=N\n2c(-c3ccccc3F)n[nH]c2=S)cc1. The van der Waals surface area contributed by atoms with Crippen molar-refractivity contribution in [2.24, 2.45) is 5.10 Å². The summed E-state index contributed by atoms with van der Waals surface area (Å²) in [6, 6.07) is 14.5. The predicted octanol–water partition coefficient (Wildman–Crippen LogP) is 4.48. The van der Waals surface area contributed by atoms with Gasteiger partial charge in [-0.05, 0) is 55.9 Å². The summed E-state index contributed by atoms with van der Waals surface area (Å²) >= 11 is 5.22. The number of nitrogens with zero attached hydrogens (tertiary/aromatic N) is 4. The van der Waals surface area contributed by atoms with Gasteiger partial charge in [-0.2, -0.15) is 14.9 Å². The van der Waals surface area contributed by atoms with Gasteiger partial charge < -0.3 is 4.90 Å². The van der Waals surface area contributed by atoms with Gasteiger partial charge >= 0.3 is 0 Å². The van der Waals surface area contributed by atoms with Crippen LogP contribution < -0.4 is 4.90 Å². The molecule has 5 nitrogen and oxygen atoms in total. The van der Waals surface area contributed by atoms with Crippen LogP contribution in [0.1, 0.15) is 19.4 Å². The molecule has 3 aromatic rings. The van der Waals surface area contributed by atoms with E-state index in [2.05, 4.69) is 46.2 Å². The van der Waals surface area contributed by atoms with Crippen LogP contribution in [-0.4, -0.2) is 34.2 Å². The molecule has 1 heterocycles. The third kappa shape index (κ3) is 3.72. The number of aromatic nitrogens is 3. The first-order chi connectivity index (χ1) is 12.6. The monoisotopic (exact) mass is 369 g/mol. The molecule has 0 atom stereocenters. The van der Waals surface area contributed by atoms with Gasteiger partial charge in [0, 0.05) is 18.8 Å². The Hall–Kier alpha value is -2.80. The lowest BCUT2D eigenvalue weighted by atomic mass is 10.2. The number of hydrogen-bond acceptors (Lipinski definition) is 4. The number of anilines is 1. The van der Waals surface area contributed by atoms with Gasteiger partial charge in [-0.1, -0.05) is 24.3 Å². The first-order valence-electron chi connectivity index (χ1n) is 8.45. The summed E-state index contributed by atoms with van der Waals surface area (Å²) < 4.78 is 15.8. The lowest BCUT2D eigenvalue weighted by Crippen LogP contribution is -2.21. The molecule has 134 valence electrons. The van der Waals surface area contributed by atoms with Gasteiger partial charge in [0.2, 0.25) is 4.77 Å². The Morgan fingerprint density at radius 2 is 1.85 bits per heavy atom. The molecule has 0 aliphatic rings. The molecule has 0 saturated carbocycles. The number of nitrogens with one attached hydrogen (secondary N) is 1. The third-order valence-corrected chi connectivity index (χ3v) is 4.37. The molecule has 0 amide bonds. The van der Waals surface area contributed by atoms with E-state index in [1.165, 1.54) is 16.4 Å². The number of hydrogen-bond donors (Lipinski definition) is 1. The summed E-state index contributed by atoms with van der Waals surface area (Å²) in [6.07, 6.45) is 1.68. The highest BCUT2D eigenvalue weighted by Crippen LogP contribution is 2.20. The van der Waals surface area contributed by atoms with Gasteiger partial charge in [0.15, 0.2) is 5.82 Å². The summed E-state index contributed by atoms with van der Waals surface area (Å²) in [5.41, 5.74) is 2.43. The van der Waals surface area contributed by atoms with Crippen molar-refractivity contribution in [2.75, 3.05) is 18.0 Å². The van der Waals surface area contributed by atoms with Gasteiger partial charge in [-0.25, -0.2) is 9.49 Å². The summed E-state index contributed by atoms with van der Waals surface area (Å²) in [4.78, 5) is 2.27. The Kier molecular flexibility index (Phi) is 5.58. The molecule has 0 saturated heterocycles. The third-order valence-electron chi connectivity index (χ3n) is 4.11. The van der Waals surface area contributed by atoms with Gasteiger partial charge in [-0.3, -0.25) is 0 Å². The molecule has 0 fully saturated rings. The zero-order valence-electron chi connectivity index (χ0n) is 14.7. The van der Waals surface area contributed by atoms with Gasteiger partial charge in [0.1, 0.15) is 5.82 Å². The molecule has 2 aromatic carbocycles. The molecule has 7 heteroatoms. The largest absolute Gasteiger partial charge is 0.372 e. The average molecular weight is 369 g/mol. The molecular formula is C19H20FN5S. The first-order valence-corrected chi connectivity index (χ1v) is 8.86. The van der Waals surface area contributed by atoms with Crippen LogP contribution in [0.2, 0.25) is 0 Å². The van der Waals surface area contributed by atoms with Crippen LogP contribution in [0.25, 0.3) is 11.4 Å². The number of halogens is 1. The molecule has 0 aliphatic heterocycles. The molecule has 1 aromatic heterocycles. The van der Waals surface area contributed by atoms with Crippen molar-refractivity contribution in [3.8, 4) is 11.4 Å². The Morgan fingerprint density at radius 3 is 2.50 bits per heavy atom. The molecule has 26 heavy (non-hydrogen) atoms. The van der Waals surface area contributed by atoms with Gasteiger partial charge in [-0.15, -0.1) is 0 Å². The van der Waals surface area contributed by atoms with Crippen LogP contribution in [0.3, 0.4) is 0 Å². The standard InChI is InChI=1S/C19H20FN5S/c1-3-24(4-2)15-11-9-14(10-12-15)13-21-25-18(22-23-19(25)26)16-7-5-6-8-17(16)20/h5-13H,3-4H2,1-2H3,(H,23,26)/b21-13-. The maximum Gasteiger partial charge on any atom is 0.216 e. The van der Waals surface area contributed by atoms with Crippen LogP contribution in [0, 0.1) is 10.6 Å². The second-order valence-corrected chi connectivity index (χ2v) is 6.04. The minimum Gasteiger partial charge on any atom is -0.372 e. The quantitative estimate of drug-likeness (QED) is 0.515. The van der Waals surface area contributed by atoms with Gasteiger partial charge in [0.25, 0.3) is 0 Å². The Balaban J connectivity index is 1.89. The molecule has 0 spiro atoms. The summed E-state index contributed by atoms with van der Waals surface area (Å²) in [6.45, 7) is 6.17. The predicted molar refractivity (Wildman–Crippen MR) is 106 cm³/mol. The van der Waals surface area contributed by atoms with E-state index in [4.69, 9.17) is 12.2 Å². The van der Waals surface area contributed by atoms with E-state index in [1.54, 1.807) is 24.4 Å². The molecule has 1 N–H and O–H groups in total. The minimum atomic E-state index is -0.374. The summed E-state index contributed by atoms with van der Waals surface area (Å²) in [7, 11) is 0. The second-order valence-electron chi connectivity index (χ2n) is 5.65. The van der Waals surface area contributed by atoms with E-state index in [9.17, 15) is 4.39 Å². The fraction of sp³-hybridized carbons (Fsp3) is 0.211. The second kappa shape index (κ2) is 8.05. The van der Waals surface area contributed by atoms with Crippen LogP contribution in [0.5, 0.6) is 0 Å². The fourth-order valence-corrected chi connectivity index (χ4v) is 2.88. The Labute approximate surface area is 156 Å². The summed E-state index contributed by atoms with van der Waals surface area (Å²) in [5, 5.41) is 11.2. The molecule has 0 unspecified atom stereocenters. The maximum atomic E-state index is 14.1. The number of rotatable bonds is 6. The van der Waals surface area contributed by atoms with E-state index in [0.29, 0.717) is 16.2 Å². The summed E-state index contributed by atoms with van der Waals surface area (Å²) in [5.74, 6) is -0.0364. The van der Waals surface area contributed by atoms with Crippen LogP contribution in [-0.2, 0) is 0 Å². The number of H-pyrrole nitrogens is 1. The highest BCUT2D eigenvalue weighted by Gasteiger charge is 2.12. The van der Waals surface area contributed by atoms with Crippen LogP contribution >= 0.6 is 12.2 Å². The highest BCUT2D eigenvalue weighted by molar-refractivity contribution is 7.71. The molecule has 0 radical (unpaired) electrons. The van der Waals surface area contributed by atoms with E-state index >= 15 is 0 Å². The Bertz CT molecular complexity index is 955. The lowest BCUT2D eigenvalue weighted by Gasteiger charge is -2.20. The smallest absolute Gasteiger partial charge is 0.216 e. The van der Waals surface area contributed by atoms with Gasteiger partial charge in [0.05, 0.1) is 11.8 Å². The fourth-order valence-electron chi connectivity index (χ4n) is 2.70. The minimum absolute atomic E-state index is 0.305. The number of aromatic amines is 1. The highest BCUT2D eigenvalue weighted by atomic mass is 32.1. The molecular weight excluding hydrogens is 349 g/mol. The van der Waals surface area contributed by atoms with E-state index in [1.807, 2.05) is 12.1 Å². The van der Waals surface area contributed by atoms with Crippen molar-refractivity contribution in [3.63, 3.8) is 0 Å². The maximum absolute atomic E-state index is 14.1. The van der Waals surface area contributed by atoms with Crippen molar-refractivity contribution in [3.05, 3.63) is 64.7 Å². The Morgan fingerprint density at radius 1 is 1.15 bits per heavy atom. The normalized spacial score (nSPS) is 11.2. The topological polar surface area (TPSA) is 49.2 Å². The van der Waals surface area contributed by atoms with E-state index in [0.717, 1.165) is 18.7 Å². The zero-order chi connectivity index (χ0) is 18.5. The molecule has 0 bridgehead atoms. The van der Waals surface area contributed by atoms with Crippen molar-refractivity contribution >= 4 is 24.1 Å².